The van der Waals surface area contributed by atoms with E-state index in [-0.39, 0.29) is 11.2 Å². The molecule has 1 heterocycles. The molecule has 0 spiro atoms. The molecule has 0 amide bonds. The molecule has 0 radical (unpaired) electrons. The third kappa shape index (κ3) is 2.52. The lowest BCUT2D eigenvalue weighted by atomic mass is 9.96. The fraction of sp³-hybridized carbons (Fsp3) is 0.154. The zero-order valence-electron chi connectivity index (χ0n) is 8.60. The van der Waals surface area contributed by atoms with Crippen molar-refractivity contribution in [1.29, 1.82) is 0 Å². The third-order valence-electron chi connectivity index (χ3n) is 2.46. The first kappa shape index (κ1) is 11.0. The number of rotatable bonds is 4. The van der Waals surface area contributed by atoms with Gasteiger partial charge in [0.1, 0.15) is 5.76 Å². The van der Waals surface area contributed by atoms with Crippen molar-refractivity contribution < 1.29 is 9.21 Å². The Morgan fingerprint density at radius 3 is 2.50 bits per heavy atom. The average Bonchev–Trinajstić information content (AvgIpc) is 2.79. The first-order valence-electron chi connectivity index (χ1n) is 5.04. The van der Waals surface area contributed by atoms with Crippen LogP contribution in [0.3, 0.4) is 0 Å². The Morgan fingerprint density at radius 1 is 1.19 bits per heavy atom. The largest absolute Gasteiger partial charge is 0.469 e. The van der Waals surface area contributed by atoms with E-state index in [2.05, 4.69) is 0 Å². The summed E-state index contributed by atoms with van der Waals surface area (Å²) in [6.07, 6.45) is 2.09. The van der Waals surface area contributed by atoms with Crippen LogP contribution in [-0.2, 0) is 11.2 Å². The lowest BCUT2D eigenvalue weighted by molar-refractivity contribution is -0.113. The maximum atomic E-state index is 11.4. The van der Waals surface area contributed by atoms with Gasteiger partial charge in [-0.3, -0.25) is 4.79 Å². The second-order valence-electron chi connectivity index (χ2n) is 3.55. The Kier molecular flexibility index (Phi) is 3.42. The third-order valence-corrected chi connectivity index (χ3v) is 2.72. The van der Waals surface area contributed by atoms with Crippen LogP contribution in [-0.4, -0.2) is 5.24 Å². The quantitative estimate of drug-likeness (QED) is 0.760. The number of hydrogen-bond acceptors (Lipinski definition) is 2. The highest BCUT2D eigenvalue weighted by Gasteiger charge is 2.20. The van der Waals surface area contributed by atoms with Gasteiger partial charge in [-0.1, -0.05) is 30.3 Å². The number of carbonyl (C=O) groups excluding carboxylic acids is 1. The summed E-state index contributed by atoms with van der Waals surface area (Å²) in [5.41, 5.74) is 0.916. The van der Waals surface area contributed by atoms with E-state index >= 15 is 0 Å². The van der Waals surface area contributed by atoms with Crippen LogP contribution in [0.5, 0.6) is 0 Å². The summed E-state index contributed by atoms with van der Waals surface area (Å²) in [4.78, 5) is 11.4. The monoisotopic (exact) mass is 234 g/mol. The van der Waals surface area contributed by atoms with Gasteiger partial charge in [0.2, 0.25) is 5.24 Å². The van der Waals surface area contributed by atoms with Gasteiger partial charge < -0.3 is 4.42 Å². The minimum absolute atomic E-state index is 0.339. The molecule has 0 aliphatic rings. The van der Waals surface area contributed by atoms with E-state index in [0.717, 1.165) is 11.3 Å². The highest BCUT2D eigenvalue weighted by Crippen LogP contribution is 2.23. The standard InChI is InChI=1S/C13H11ClO2/c14-13(15)12(9-11-7-4-8-16-11)10-5-2-1-3-6-10/h1-8,12H,9H2. The van der Waals surface area contributed by atoms with E-state index in [9.17, 15) is 4.79 Å². The van der Waals surface area contributed by atoms with Crippen molar-refractivity contribution in [1.82, 2.24) is 0 Å². The average molecular weight is 235 g/mol. The molecule has 1 aromatic carbocycles. The molecule has 3 heteroatoms. The molecule has 0 aliphatic heterocycles. The highest BCUT2D eigenvalue weighted by molar-refractivity contribution is 6.64. The topological polar surface area (TPSA) is 30.2 Å². The number of halogens is 1. The Bertz CT molecular complexity index is 448. The van der Waals surface area contributed by atoms with E-state index < -0.39 is 0 Å². The smallest absolute Gasteiger partial charge is 0.229 e. The second kappa shape index (κ2) is 4.99. The summed E-state index contributed by atoms with van der Waals surface area (Å²) in [5, 5.41) is -0.359. The zero-order chi connectivity index (χ0) is 11.4. The van der Waals surface area contributed by atoms with Crippen molar-refractivity contribution in [3.05, 3.63) is 60.1 Å². The fourth-order valence-corrected chi connectivity index (χ4v) is 1.85. The van der Waals surface area contributed by atoms with E-state index in [1.54, 1.807) is 12.3 Å². The number of carbonyl (C=O) groups is 1. The number of benzene rings is 1. The van der Waals surface area contributed by atoms with E-state index in [4.69, 9.17) is 16.0 Å². The maximum Gasteiger partial charge on any atom is 0.229 e. The van der Waals surface area contributed by atoms with Gasteiger partial charge in [-0.15, -0.1) is 0 Å². The summed E-state index contributed by atoms with van der Waals surface area (Å²) in [6, 6.07) is 13.1. The van der Waals surface area contributed by atoms with Crippen molar-refractivity contribution in [2.24, 2.45) is 0 Å². The van der Waals surface area contributed by atoms with Crippen LogP contribution in [0.25, 0.3) is 0 Å². The molecule has 1 atom stereocenters. The minimum Gasteiger partial charge on any atom is -0.469 e. The predicted octanol–water partition coefficient (Wildman–Crippen LogP) is 3.37. The van der Waals surface area contributed by atoms with Gasteiger partial charge >= 0.3 is 0 Å². The molecule has 82 valence electrons. The van der Waals surface area contributed by atoms with Gasteiger partial charge in [0.25, 0.3) is 0 Å². The molecule has 16 heavy (non-hydrogen) atoms. The lowest BCUT2D eigenvalue weighted by Gasteiger charge is -2.10. The van der Waals surface area contributed by atoms with Crippen molar-refractivity contribution in [2.45, 2.75) is 12.3 Å². The van der Waals surface area contributed by atoms with Crippen LogP contribution in [0.1, 0.15) is 17.2 Å². The molecule has 2 rings (SSSR count). The number of furan rings is 1. The first-order chi connectivity index (χ1) is 7.77. The van der Waals surface area contributed by atoms with Crippen LogP contribution in [0, 0.1) is 0 Å². The van der Waals surface area contributed by atoms with Crippen LogP contribution in [0.4, 0.5) is 0 Å². The Balaban J connectivity index is 2.22. The summed E-state index contributed by atoms with van der Waals surface area (Å²) in [7, 11) is 0. The Morgan fingerprint density at radius 2 is 1.94 bits per heavy atom. The van der Waals surface area contributed by atoms with Crippen molar-refractivity contribution in [3.8, 4) is 0 Å². The molecule has 2 nitrogen and oxygen atoms in total. The zero-order valence-corrected chi connectivity index (χ0v) is 9.35. The number of hydrogen-bond donors (Lipinski definition) is 0. The van der Waals surface area contributed by atoms with Gasteiger partial charge in [-0.05, 0) is 29.3 Å². The van der Waals surface area contributed by atoms with Gasteiger partial charge in [-0.2, -0.15) is 0 Å². The SMILES string of the molecule is O=C(Cl)C(Cc1ccco1)c1ccccc1. The van der Waals surface area contributed by atoms with Crippen molar-refractivity contribution in [2.75, 3.05) is 0 Å². The summed E-state index contributed by atoms with van der Waals surface area (Å²) < 4.78 is 5.22. The Hall–Kier alpha value is -1.54. The summed E-state index contributed by atoms with van der Waals surface area (Å²) in [6.45, 7) is 0. The van der Waals surface area contributed by atoms with Gasteiger partial charge in [0.05, 0.1) is 12.2 Å². The van der Waals surface area contributed by atoms with E-state index in [0.29, 0.717) is 6.42 Å². The molecule has 0 aliphatic carbocycles. The molecule has 1 aromatic heterocycles. The van der Waals surface area contributed by atoms with Crippen molar-refractivity contribution in [3.63, 3.8) is 0 Å². The molecule has 0 bridgehead atoms. The first-order valence-corrected chi connectivity index (χ1v) is 5.42. The molecule has 2 aromatic rings. The van der Waals surface area contributed by atoms with Crippen LogP contribution in [0.15, 0.2) is 53.1 Å². The minimum atomic E-state index is -0.359. The fourth-order valence-electron chi connectivity index (χ4n) is 1.64. The molecular formula is C13H11ClO2. The Labute approximate surface area is 98.8 Å². The van der Waals surface area contributed by atoms with Crippen LogP contribution in [0.2, 0.25) is 0 Å². The van der Waals surface area contributed by atoms with Crippen molar-refractivity contribution >= 4 is 16.8 Å². The van der Waals surface area contributed by atoms with Crippen LogP contribution >= 0.6 is 11.6 Å². The van der Waals surface area contributed by atoms with Gasteiger partial charge in [0.15, 0.2) is 0 Å². The van der Waals surface area contributed by atoms with Gasteiger partial charge in [0, 0.05) is 6.42 Å². The molecule has 0 saturated carbocycles. The molecular weight excluding hydrogens is 224 g/mol. The van der Waals surface area contributed by atoms with Crippen LogP contribution < -0.4 is 0 Å². The molecule has 0 saturated heterocycles. The summed E-state index contributed by atoms with van der Waals surface area (Å²) in [5.74, 6) is 0.428. The maximum absolute atomic E-state index is 11.4. The molecule has 0 fully saturated rings. The molecule has 1 unspecified atom stereocenters. The predicted molar refractivity (Wildman–Crippen MR) is 62.5 cm³/mol. The second-order valence-corrected chi connectivity index (χ2v) is 3.92. The lowest BCUT2D eigenvalue weighted by Crippen LogP contribution is -2.09. The van der Waals surface area contributed by atoms with E-state index in [1.807, 2.05) is 36.4 Å². The normalized spacial score (nSPS) is 12.3. The summed E-state index contributed by atoms with van der Waals surface area (Å²) >= 11 is 5.61. The highest BCUT2D eigenvalue weighted by atomic mass is 35.5. The molecule has 0 N–H and O–H groups in total. The van der Waals surface area contributed by atoms with E-state index in [1.165, 1.54) is 0 Å². The van der Waals surface area contributed by atoms with Gasteiger partial charge in [-0.25, -0.2) is 0 Å².